The molecular weight excluding hydrogens is 797 g/mol. The summed E-state index contributed by atoms with van der Waals surface area (Å²) in [6.45, 7) is 0. The molecule has 3 aliphatic rings. The summed E-state index contributed by atoms with van der Waals surface area (Å²) in [4.78, 5) is 2.44. The second kappa shape index (κ2) is 15.9. The quantitative estimate of drug-likeness (QED) is 0.145. The summed E-state index contributed by atoms with van der Waals surface area (Å²) in [5.41, 5.74) is 16.0. The van der Waals surface area contributed by atoms with Gasteiger partial charge in [-0.15, -0.1) is 0 Å². The Morgan fingerprint density at radius 2 is 1.18 bits per heavy atom. The number of anilines is 3. The van der Waals surface area contributed by atoms with Gasteiger partial charge >= 0.3 is 0 Å². The third kappa shape index (κ3) is 6.47. The zero-order chi connectivity index (χ0) is 43.6. The molecule has 0 saturated heterocycles. The number of hydrogen-bond acceptors (Lipinski definition) is 1. The van der Waals surface area contributed by atoms with Gasteiger partial charge in [0.1, 0.15) is 0 Å². The Balaban J connectivity index is 0.959. The van der Waals surface area contributed by atoms with E-state index in [1.54, 1.807) is 5.57 Å². The Morgan fingerprint density at radius 1 is 0.485 bits per heavy atom. The predicted molar refractivity (Wildman–Crippen MR) is 280 cm³/mol. The van der Waals surface area contributed by atoms with Gasteiger partial charge in [0.25, 0.3) is 0 Å². The largest absolute Gasteiger partial charge is 0.310 e. The Morgan fingerprint density at radius 3 is 2.06 bits per heavy atom. The molecule has 0 radical (unpaired) electrons. The highest BCUT2D eigenvalue weighted by Crippen LogP contribution is 2.48. The van der Waals surface area contributed by atoms with Crippen molar-refractivity contribution in [1.29, 1.82) is 0 Å². The van der Waals surface area contributed by atoms with E-state index < -0.39 is 0 Å². The third-order valence-electron chi connectivity index (χ3n) is 14.7. The number of para-hydroxylation sites is 2. The Bertz CT molecular complexity index is 3620. The van der Waals surface area contributed by atoms with Crippen molar-refractivity contribution in [2.75, 3.05) is 4.90 Å². The lowest BCUT2D eigenvalue weighted by Crippen LogP contribution is -2.29. The minimum Gasteiger partial charge on any atom is -0.310 e. The lowest BCUT2D eigenvalue weighted by molar-refractivity contribution is 0.291. The van der Waals surface area contributed by atoms with E-state index >= 15 is 0 Å². The Hall–Kier alpha value is -7.94. The standard InChI is InChI=1S/C64H48N2/c1-3-14-44(15-4-1)60-39-38-59(63-61-24-11-12-25-62(61)66(64(60)63)51-19-5-2-6-20-51)48-18-13-21-53(41-48)65(54-35-37-58-50(42-54)29-27-46-17-8-10-23-56(46)58)52-33-30-43(31-34-52)47-32-36-57-49(40-47)28-26-45-16-7-9-22-55(45)57/h1-25,27,29-35,37-42,45,55,57H,26,28,36H2. The molecule has 3 aliphatic carbocycles. The van der Waals surface area contributed by atoms with Crippen LogP contribution in [0, 0.1) is 17.8 Å². The fourth-order valence-corrected chi connectivity index (χ4v) is 11.6. The molecule has 0 spiro atoms. The second-order valence-electron chi connectivity index (χ2n) is 18.3. The highest BCUT2D eigenvalue weighted by molar-refractivity contribution is 6.19. The number of benzene rings is 9. The maximum Gasteiger partial charge on any atom is 0.0625 e. The van der Waals surface area contributed by atoms with E-state index in [1.165, 1.54) is 89.6 Å². The van der Waals surface area contributed by atoms with Crippen LogP contribution in [0.2, 0.25) is 0 Å². The zero-order valence-corrected chi connectivity index (χ0v) is 36.8. The van der Waals surface area contributed by atoms with Gasteiger partial charge in [-0.1, -0.05) is 188 Å². The summed E-state index contributed by atoms with van der Waals surface area (Å²) in [6.07, 6.45) is 17.9. The lowest BCUT2D eigenvalue weighted by atomic mass is 9.65. The Kier molecular flexibility index (Phi) is 9.30. The van der Waals surface area contributed by atoms with Crippen LogP contribution < -0.4 is 4.90 Å². The first kappa shape index (κ1) is 38.5. The van der Waals surface area contributed by atoms with Gasteiger partial charge in [0.05, 0.1) is 11.0 Å². The van der Waals surface area contributed by atoms with Crippen LogP contribution in [0.3, 0.4) is 0 Å². The summed E-state index contributed by atoms with van der Waals surface area (Å²) in [7, 11) is 0. The number of fused-ring (bicyclic) bond motifs is 9. The van der Waals surface area contributed by atoms with E-state index in [1.807, 2.05) is 0 Å². The number of rotatable bonds is 7. The highest BCUT2D eigenvalue weighted by atomic mass is 15.1. The number of aromatic nitrogens is 1. The van der Waals surface area contributed by atoms with Crippen molar-refractivity contribution in [3.05, 3.63) is 248 Å². The van der Waals surface area contributed by atoms with Gasteiger partial charge < -0.3 is 9.47 Å². The molecule has 0 aliphatic heterocycles. The third-order valence-corrected chi connectivity index (χ3v) is 14.7. The zero-order valence-electron chi connectivity index (χ0n) is 36.8. The van der Waals surface area contributed by atoms with Crippen molar-refractivity contribution in [3.63, 3.8) is 0 Å². The van der Waals surface area contributed by atoms with Crippen LogP contribution in [0.15, 0.2) is 242 Å². The van der Waals surface area contributed by atoms with E-state index in [9.17, 15) is 0 Å². The summed E-state index contributed by atoms with van der Waals surface area (Å²) >= 11 is 0. The molecule has 3 atom stereocenters. The molecule has 13 rings (SSSR count). The van der Waals surface area contributed by atoms with Crippen molar-refractivity contribution < 1.29 is 0 Å². The van der Waals surface area contributed by atoms with E-state index in [2.05, 4.69) is 246 Å². The van der Waals surface area contributed by atoms with Crippen LogP contribution in [0.4, 0.5) is 17.1 Å². The van der Waals surface area contributed by atoms with Crippen molar-refractivity contribution in [3.8, 4) is 27.9 Å². The summed E-state index contributed by atoms with van der Waals surface area (Å²) < 4.78 is 2.46. The molecule has 1 fully saturated rings. The van der Waals surface area contributed by atoms with Gasteiger partial charge in [0.2, 0.25) is 0 Å². The molecule has 0 amide bonds. The maximum absolute atomic E-state index is 2.51. The average molecular weight is 845 g/mol. The Labute approximate surface area is 386 Å². The SMILES string of the molecule is C1=CC2CCC3=CC(c4ccc(N(c5cccc(-c6ccc(-c7ccccc7)c7c6c6ccccc6n7-c6ccccc6)c5)c5ccc6c(ccc7ccccc76)c5)cc4)=CCC3C2C=C1. The average Bonchev–Trinajstić information content (AvgIpc) is 3.74. The smallest absolute Gasteiger partial charge is 0.0625 e. The first-order chi connectivity index (χ1) is 32.7. The highest BCUT2D eigenvalue weighted by Gasteiger charge is 2.35. The van der Waals surface area contributed by atoms with Crippen LogP contribution in [0.25, 0.3) is 76.9 Å². The molecule has 1 saturated carbocycles. The molecule has 314 valence electrons. The fraction of sp³-hybridized carbons (Fsp3) is 0.0938. The fourth-order valence-electron chi connectivity index (χ4n) is 11.6. The first-order valence-corrected chi connectivity index (χ1v) is 23.6. The molecule has 1 aromatic heterocycles. The van der Waals surface area contributed by atoms with E-state index in [-0.39, 0.29) is 0 Å². The molecule has 0 bridgehead atoms. The molecule has 2 nitrogen and oxygen atoms in total. The summed E-state index contributed by atoms with van der Waals surface area (Å²) in [5.74, 6) is 1.92. The minimum atomic E-state index is 0.617. The molecule has 10 aromatic rings. The molecule has 9 aromatic carbocycles. The second-order valence-corrected chi connectivity index (χ2v) is 18.3. The van der Waals surface area contributed by atoms with Crippen LogP contribution in [0.5, 0.6) is 0 Å². The van der Waals surface area contributed by atoms with Crippen molar-refractivity contribution in [1.82, 2.24) is 4.57 Å². The number of allylic oxidation sites excluding steroid dienone is 8. The summed E-state index contributed by atoms with van der Waals surface area (Å²) in [5, 5.41) is 7.52. The monoisotopic (exact) mass is 844 g/mol. The lowest BCUT2D eigenvalue weighted by Gasteiger charge is -2.40. The van der Waals surface area contributed by atoms with E-state index in [0.29, 0.717) is 17.8 Å². The normalized spacial score (nSPS) is 17.7. The first-order valence-electron chi connectivity index (χ1n) is 23.6. The number of nitrogens with zero attached hydrogens (tertiary/aromatic N) is 2. The molecule has 66 heavy (non-hydrogen) atoms. The molecule has 0 N–H and O–H groups in total. The van der Waals surface area contributed by atoms with E-state index in [0.717, 1.165) is 29.2 Å². The van der Waals surface area contributed by atoms with Gasteiger partial charge in [0, 0.05) is 39.1 Å². The van der Waals surface area contributed by atoms with Crippen LogP contribution in [0.1, 0.15) is 24.8 Å². The van der Waals surface area contributed by atoms with Gasteiger partial charge in [-0.05, 0) is 141 Å². The van der Waals surface area contributed by atoms with Gasteiger partial charge in [-0.2, -0.15) is 0 Å². The van der Waals surface area contributed by atoms with Crippen LogP contribution in [-0.2, 0) is 0 Å². The summed E-state index contributed by atoms with van der Waals surface area (Å²) in [6, 6.07) is 73.9. The topological polar surface area (TPSA) is 8.17 Å². The van der Waals surface area contributed by atoms with Crippen LogP contribution >= 0.6 is 0 Å². The number of hydrogen-bond donors (Lipinski definition) is 0. The van der Waals surface area contributed by atoms with E-state index in [4.69, 9.17) is 0 Å². The predicted octanol–water partition coefficient (Wildman–Crippen LogP) is 17.4. The molecule has 3 unspecified atom stereocenters. The van der Waals surface area contributed by atoms with Gasteiger partial charge in [-0.3, -0.25) is 0 Å². The maximum atomic E-state index is 2.51. The van der Waals surface area contributed by atoms with Crippen molar-refractivity contribution in [2.24, 2.45) is 17.8 Å². The molecule has 1 heterocycles. The molecular formula is C64H48N2. The van der Waals surface area contributed by atoms with Gasteiger partial charge in [-0.25, -0.2) is 0 Å². The van der Waals surface area contributed by atoms with Gasteiger partial charge in [0.15, 0.2) is 0 Å². The van der Waals surface area contributed by atoms with Crippen molar-refractivity contribution in [2.45, 2.75) is 19.3 Å². The minimum absolute atomic E-state index is 0.617. The molecule has 2 heteroatoms. The van der Waals surface area contributed by atoms with Crippen molar-refractivity contribution >= 4 is 66.0 Å². The van der Waals surface area contributed by atoms with Crippen LogP contribution in [-0.4, -0.2) is 4.57 Å².